The van der Waals surface area contributed by atoms with E-state index >= 15 is 0 Å². The molecule has 2 amide bonds. The van der Waals surface area contributed by atoms with Crippen molar-refractivity contribution >= 4 is 17.5 Å². The van der Waals surface area contributed by atoms with Crippen LogP contribution in [0.5, 0.6) is 0 Å². The van der Waals surface area contributed by atoms with Gasteiger partial charge in [-0.15, -0.1) is 0 Å². The van der Waals surface area contributed by atoms with Crippen molar-refractivity contribution < 1.29 is 14.3 Å². The third-order valence-corrected chi connectivity index (χ3v) is 5.52. The molecule has 1 fully saturated rings. The maximum Gasteiger partial charge on any atom is 0.278 e. The van der Waals surface area contributed by atoms with Gasteiger partial charge in [-0.05, 0) is 37.5 Å². The first-order chi connectivity index (χ1) is 13.5. The molecule has 0 radical (unpaired) electrons. The number of amides is 2. The van der Waals surface area contributed by atoms with Crippen LogP contribution in [0.3, 0.4) is 0 Å². The molecule has 0 aliphatic carbocycles. The summed E-state index contributed by atoms with van der Waals surface area (Å²) in [4.78, 5) is 28.7. The van der Waals surface area contributed by atoms with Gasteiger partial charge in [-0.1, -0.05) is 18.2 Å². The molecule has 7 heteroatoms. The molecule has 1 saturated heterocycles. The van der Waals surface area contributed by atoms with E-state index in [2.05, 4.69) is 5.10 Å². The number of ether oxygens (including phenoxy) is 1. The molecular formula is C21H26N4O3. The average Bonchev–Trinajstić information content (AvgIpc) is 3.35. The maximum absolute atomic E-state index is 13.4. The van der Waals surface area contributed by atoms with Gasteiger partial charge in [0.2, 0.25) is 5.91 Å². The molecule has 148 valence electrons. The zero-order valence-electron chi connectivity index (χ0n) is 16.4. The zero-order valence-corrected chi connectivity index (χ0v) is 16.4. The molecule has 0 bridgehead atoms. The fourth-order valence-corrected chi connectivity index (χ4v) is 3.93. The summed E-state index contributed by atoms with van der Waals surface area (Å²) >= 11 is 0. The van der Waals surface area contributed by atoms with Crippen LogP contribution in [0, 0.1) is 6.92 Å². The highest BCUT2D eigenvalue weighted by Gasteiger charge is 2.29. The van der Waals surface area contributed by atoms with Gasteiger partial charge in [0.15, 0.2) is 5.69 Å². The molecule has 4 rings (SSSR count). The monoisotopic (exact) mass is 382 g/mol. The standard InChI is InChI=1S/C21H26N4O3/c1-15-6-3-4-8-20(15)24(14-18-7-5-11-28-18)21(27)19-12-17-13-23(16(2)26)9-10-25(17)22-19/h3-4,6,8,12,18H,5,7,9-11,13-14H2,1-2H3. The predicted octanol–water partition coefficient (Wildman–Crippen LogP) is 2.38. The molecule has 3 heterocycles. The second-order valence-corrected chi connectivity index (χ2v) is 7.52. The highest BCUT2D eigenvalue weighted by molar-refractivity contribution is 6.05. The normalized spacial score (nSPS) is 18.8. The van der Waals surface area contributed by atoms with Gasteiger partial charge in [-0.2, -0.15) is 5.10 Å². The lowest BCUT2D eigenvalue weighted by Crippen LogP contribution is -2.38. The second kappa shape index (κ2) is 7.75. The molecule has 2 aliphatic heterocycles. The molecule has 0 saturated carbocycles. The summed E-state index contributed by atoms with van der Waals surface area (Å²) in [6.45, 7) is 6.57. The molecule has 1 aromatic carbocycles. The summed E-state index contributed by atoms with van der Waals surface area (Å²) in [5.41, 5.74) is 3.24. The van der Waals surface area contributed by atoms with Crippen molar-refractivity contribution in [1.29, 1.82) is 0 Å². The zero-order chi connectivity index (χ0) is 19.7. The Morgan fingerprint density at radius 1 is 1.29 bits per heavy atom. The van der Waals surface area contributed by atoms with Crippen LogP contribution in [0.2, 0.25) is 0 Å². The summed E-state index contributed by atoms with van der Waals surface area (Å²) in [7, 11) is 0. The van der Waals surface area contributed by atoms with Crippen molar-refractivity contribution in [1.82, 2.24) is 14.7 Å². The van der Waals surface area contributed by atoms with E-state index in [-0.39, 0.29) is 17.9 Å². The summed E-state index contributed by atoms with van der Waals surface area (Å²) < 4.78 is 7.63. The lowest BCUT2D eigenvalue weighted by Gasteiger charge is -2.26. The Morgan fingerprint density at radius 3 is 2.82 bits per heavy atom. The van der Waals surface area contributed by atoms with Crippen LogP contribution >= 0.6 is 0 Å². The highest BCUT2D eigenvalue weighted by Crippen LogP contribution is 2.25. The van der Waals surface area contributed by atoms with Gasteiger partial charge >= 0.3 is 0 Å². The summed E-state index contributed by atoms with van der Waals surface area (Å²) in [5, 5.41) is 4.54. The molecule has 2 aromatic rings. The number of hydrogen-bond acceptors (Lipinski definition) is 4. The Balaban J connectivity index is 1.62. The van der Waals surface area contributed by atoms with Crippen LogP contribution < -0.4 is 4.90 Å². The largest absolute Gasteiger partial charge is 0.376 e. The smallest absolute Gasteiger partial charge is 0.278 e. The molecule has 1 aromatic heterocycles. The number of rotatable bonds is 4. The van der Waals surface area contributed by atoms with E-state index < -0.39 is 0 Å². The molecule has 7 nitrogen and oxygen atoms in total. The van der Waals surface area contributed by atoms with Crippen LogP contribution in [-0.4, -0.2) is 52.3 Å². The van der Waals surface area contributed by atoms with Crippen molar-refractivity contribution in [2.75, 3.05) is 24.6 Å². The average molecular weight is 382 g/mol. The first kappa shape index (κ1) is 18.7. The topological polar surface area (TPSA) is 67.7 Å². The van der Waals surface area contributed by atoms with Gasteiger partial charge in [0.25, 0.3) is 5.91 Å². The van der Waals surface area contributed by atoms with Crippen LogP contribution in [0.15, 0.2) is 30.3 Å². The van der Waals surface area contributed by atoms with E-state index in [1.807, 2.05) is 41.9 Å². The predicted molar refractivity (Wildman–Crippen MR) is 105 cm³/mol. The minimum Gasteiger partial charge on any atom is -0.376 e. The first-order valence-electron chi connectivity index (χ1n) is 9.84. The van der Waals surface area contributed by atoms with Crippen molar-refractivity contribution in [2.45, 2.75) is 45.9 Å². The fourth-order valence-electron chi connectivity index (χ4n) is 3.93. The Bertz CT molecular complexity index is 886. The van der Waals surface area contributed by atoms with E-state index in [1.165, 1.54) is 0 Å². The highest BCUT2D eigenvalue weighted by atomic mass is 16.5. The van der Waals surface area contributed by atoms with Gasteiger partial charge in [-0.3, -0.25) is 14.3 Å². The number of aromatic nitrogens is 2. The Kier molecular flexibility index (Phi) is 5.17. The minimum absolute atomic E-state index is 0.0419. The lowest BCUT2D eigenvalue weighted by atomic mass is 10.1. The lowest BCUT2D eigenvalue weighted by molar-refractivity contribution is -0.130. The number of hydrogen-bond donors (Lipinski definition) is 0. The van der Waals surface area contributed by atoms with Crippen LogP contribution in [0.4, 0.5) is 5.69 Å². The maximum atomic E-state index is 13.4. The van der Waals surface area contributed by atoms with Crippen molar-refractivity contribution in [3.63, 3.8) is 0 Å². The number of benzene rings is 1. The third kappa shape index (κ3) is 3.67. The number of nitrogens with zero attached hydrogens (tertiary/aromatic N) is 4. The molecule has 1 atom stereocenters. The quantitative estimate of drug-likeness (QED) is 0.814. The Labute approximate surface area is 164 Å². The SMILES string of the molecule is CC(=O)N1CCn2nc(C(=O)N(CC3CCCO3)c3ccccc3C)cc2C1. The van der Waals surface area contributed by atoms with Crippen LogP contribution in [0.25, 0.3) is 0 Å². The van der Waals surface area contributed by atoms with E-state index in [4.69, 9.17) is 4.74 Å². The molecule has 0 N–H and O–H groups in total. The van der Waals surface area contributed by atoms with Crippen molar-refractivity contribution in [2.24, 2.45) is 0 Å². The Morgan fingerprint density at radius 2 is 2.11 bits per heavy atom. The van der Waals surface area contributed by atoms with Gasteiger partial charge in [0.1, 0.15) is 0 Å². The van der Waals surface area contributed by atoms with E-state index in [0.717, 1.165) is 36.4 Å². The number of aryl methyl sites for hydroxylation is 1. The van der Waals surface area contributed by atoms with Gasteiger partial charge in [0, 0.05) is 25.8 Å². The van der Waals surface area contributed by atoms with Crippen molar-refractivity contribution in [3.8, 4) is 0 Å². The van der Waals surface area contributed by atoms with E-state index in [0.29, 0.717) is 31.9 Å². The third-order valence-electron chi connectivity index (χ3n) is 5.52. The van der Waals surface area contributed by atoms with Gasteiger partial charge in [0.05, 0.1) is 31.4 Å². The number of para-hydroxylation sites is 1. The molecule has 1 unspecified atom stereocenters. The summed E-state index contributed by atoms with van der Waals surface area (Å²) in [6, 6.07) is 9.71. The fraction of sp³-hybridized carbons (Fsp3) is 0.476. The number of fused-ring (bicyclic) bond motifs is 1. The number of carbonyl (C=O) groups excluding carboxylic acids is 2. The molecular weight excluding hydrogens is 356 g/mol. The molecule has 0 spiro atoms. The minimum atomic E-state index is -0.124. The van der Waals surface area contributed by atoms with E-state index in [9.17, 15) is 9.59 Å². The second-order valence-electron chi connectivity index (χ2n) is 7.52. The number of carbonyl (C=O) groups is 2. The van der Waals surface area contributed by atoms with Gasteiger partial charge in [-0.25, -0.2) is 0 Å². The van der Waals surface area contributed by atoms with Crippen LogP contribution in [-0.2, 0) is 22.6 Å². The number of anilines is 1. The Hall–Kier alpha value is -2.67. The summed E-state index contributed by atoms with van der Waals surface area (Å²) in [6.07, 6.45) is 2.04. The van der Waals surface area contributed by atoms with Crippen molar-refractivity contribution in [3.05, 3.63) is 47.3 Å². The summed E-state index contributed by atoms with van der Waals surface area (Å²) in [5.74, 6) is -0.0821. The molecule has 28 heavy (non-hydrogen) atoms. The first-order valence-corrected chi connectivity index (χ1v) is 9.84. The van der Waals surface area contributed by atoms with E-state index in [1.54, 1.807) is 16.7 Å². The molecule has 2 aliphatic rings. The van der Waals surface area contributed by atoms with Crippen LogP contribution in [0.1, 0.15) is 41.5 Å². The van der Waals surface area contributed by atoms with Gasteiger partial charge < -0.3 is 14.5 Å².